The van der Waals surface area contributed by atoms with Crippen LogP contribution in [0.2, 0.25) is 5.02 Å². The lowest BCUT2D eigenvalue weighted by atomic mass is 10.2. The zero-order valence-electron chi connectivity index (χ0n) is 9.97. The molecule has 1 aromatic heterocycles. The highest BCUT2D eigenvalue weighted by Crippen LogP contribution is 2.25. The molecular weight excluding hydrogens is 332 g/mol. The van der Waals surface area contributed by atoms with E-state index in [1.54, 1.807) is 10.9 Å². The van der Waals surface area contributed by atoms with E-state index in [1.165, 1.54) is 6.08 Å². The molecule has 0 saturated heterocycles. The largest absolute Gasteiger partial charge is 0.478 e. The number of rotatable bonds is 3. The number of hydrogen-bond acceptors (Lipinski definition) is 2. The maximum absolute atomic E-state index is 10.5. The number of aryl methyl sites for hydroxylation is 1. The first-order chi connectivity index (χ1) is 8.97. The first kappa shape index (κ1) is 13.8. The third-order valence-electron chi connectivity index (χ3n) is 2.48. The molecule has 0 saturated carbocycles. The van der Waals surface area contributed by atoms with Gasteiger partial charge in [-0.05, 0) is 46.6 Å². The molecule has 1 heterocycles. The molecule has 19 heavy (non-hydrogen) atoms. The summed E-state index contributed by atoms with van der Waals surface area (Å²) in [6, 6.07) is 5.47. The molecule has 2 rings (SSSR count). The second-order valence-electron chi connectivity index (χ2n) is 3.89. The predicted octanol–water partition coefficient (Wildman–Crippen LogP) is 3.69. The van der Waals surface area contributed by atoms with Gasteiger partial charge in [0.1, 0.15) is 0 Å². The lowest BCUT2D eigenvalue weighted by molar-refractivity contribution is -0.131. The number of aliphatic carboxylic acids is 1. The normalized spacial score (nSPS) is 11.1. The minimum Gasteiger partial charge on any atom is -0.478 e. The van der Waals surface area contributed by atoms with Gasteiger partial charge in [-0.25, -0.2) is 9.48 Å². The summed E-state index contributed by atoms with van der Waals surface area (Å²) < 4.78 is 2.48. The molecule has 0 fully saturated rings. The van der Waals surface area contributed by atoms with Crippen LogP contribution < -0.4 is 0 Å². The summed E-state index contributed by atoms with van der Waals surface area (Å²) in [5.41, 5.74) is 2.37. The maximum atomic E-state index is 10.5. The third-order valence-corrected chi connectivity index (χ3v) is 3.48. The number of carbonyl (C=O) groups is 1. The molecule has 0 radical (unpaired) electrons. The van der Waals surface area contributed by atoms with Crippen molar-refractivity contribution in [1.29, 1.82) is 0 Å². The Morgan fingerprint density at radius 3 is 2.79 bits per heavy atom. The molecule has 1 N–H and O–H groups in total. The van der Waals surface area contributed by atoms with Gasteiger partial charge in [-0.3, -0.25) is 0 Å². The smallest absolute Gasteiger partial charge is 0.328 e. The highest BCUT2D eigenvalue weighted by atomic mass is 79.9. The van der Waals surface area contributed by atoms with Gasteiger partial charge in [-0.15, -0.1) is 0 Å². The standard InChI is InChI=1S/C13H10BrClN2O2/c1-8-11(15)7-17(16-8)12-4-2-9(6-10(12)14)3-5-13(18)19/h2-7H,1H3,(H,18,19)/b5-3+. The number of benzene rings is 1. The fourth-order valence-electron chi connectivity index (χ4n) is 1.54. The predicted molar refractivity (Wildman–Crippen MR) is 77.7 cm³/mol. The molecule has 0 aliphatic heterocycles. The van der Waals surface area contributed by atoms with Crippen LogP contribution in [-0.2, 0) is 4.79 Å². The molecule has 1 aromatic carbocycles. The van der Waals surface area contributed by atoms with Crippen LogP contribution in [0.15, 0.2) is 34.9 Å². The van der Waals surface area contributed by atoms with Crippen LogP contribution in [0, 0.1) is 6.92 Å². The molecule has 0 unspecified atom stereocenters. The maximum Gasteiger partial charge on any atom is 0.328 e. The van der Waals surface area contributed by atoms with Gasteiger partial charge in [0.2, 0.25) is 0 Å². The molecule has 0 spiro atoms. The fourth-order valence-corrected chi connectivity index (χ4v) is 2.25. The van der Waals surface area contributed by atoms with Crippen molar-refractivity contribution < 1.29 is 9.90 Å². The van der Waals surface area contributed by atoms with Crippen molar-refractivity contribution in [1.82, 2.24) is 9.78 Å². The van der Waals surface area contributed by atoms with E-state index in [1.807, 2.05) is 25.1 Å². The second-order valence-corrected chi connectivity index (χ2v) is 5.15. The number of aromatic nitrogens is 2. The molecule has 4 nitrogen and oxygen atoms in total. The zero-order valence-corrected chi connectivity index (χ0v) is 12.3. The fraction of sp³-hybridized carbons (Fsp3) is 0.0769. The molecule has 98 valence electrons. The summed E-state index contributed by atoms with van der Waals surface area (Å²) in [5.74, 6) is -0.977. The van der Waals surface area contributed by atoms with Gasteiger partial charge < -0.3 is 5.11 Å². The second kappa shape index (κ2) is 5.59. The van der Waals surface area contributed by atoms with Gasteiger partial charge in [0.15, 0.2) is 0 Å². The number of hydrogen-bond donors (Lipinski definition) is 1. The summed E-state index contributed by atoms with van der Waals surface area (Å²) >= 11 is 9.41. The van der Waals surface area contributed by atoms with E-state index in [-0.39, 0.29) is 0 Å². The van der Waals surface area contributed by atoms with Gasteiger partial charge in [-0.2, -0.15) is 5.10 Å². The Hall–Kier alpha value is -1.59. The van der Waals surface area contributed by atoms with Crippen molar-refractivity contribution in [2.45, 2.75) is 6.92 Å². The lowest BCUT2D eigenvalue weighted by Gasteiger charge is -2.05. The molecule has 0 bridgehead atoms. The highest BCUT2D eigenvalue weighted by molar-refractivity contribution is 9.10. The quantitative estimate of drug-likeness (QED) is 0.866. The van der Waals surface area contributed by atoms with E-state index in [0.29, 0.717) is 5.02 Å². The van der Waals surface area contributed by atoms with Gasteiger partial charge in [0, 0.05) is 16.7 Å². The average Bonchev–Trinajstić information content (AvgIpc) is 2.67. The molecule has 0 atom stereocenters. The molecule has 0 aliphatic carbocycles. The number of halogens is 2. The van der Waals surface area contributed by atoms with Crippen molar-refractivity contribution in [3.8, 4) is 5.69 Å². The minimum absolute atomic E-state index is 0.599. The van der Waals surface area contributed by atoms with Crippen molar-refractivity contribution >= 4 is 39.6 Å². The Kier molecular flexibility index (Phi) is 4.07. The summed E-state index contributed by atoms with van der Waals surface area (Å²) in [6.07, 6.45) is 4.35. The van der Waals surface area contributed by atoms with Crippen LogP contribution in [0.4, 0.5) is 0 Å². The molecular formula is C13H10BrClN2O2. The highest BCUT2D eigenvalue weighted by Gasteiger charge is 2.07. The summed E-state index contributed by atoms with van der Waals surface area (Å²) in [5, 5.41) is 13.5. The van der Waals surface area contributed by atoms with Crippen molar-refractivity contribution in [2.24, 2.45) is 0 Å². The Labute approximate surface area is 123 Å². The van der Waals surface area contributed by atoms with Gasteiger partial charge in [-0.1, -0.05) is 17.7 Å². The third kappa shape index (κ3) is 3.24. The van der Waals surface area contributed by atoms with Crippen LogP contribution in [0.25, 0.3) is 11.8 Å². The topological polar surface area (TPSA) is 55.1 Å². The first-order valence-corrected chi connectivity index (χ1v) is 6.57. The van der Waals surface area contributed by atoms with Gasteiger partial charge >= 0.3 is 5.97 Å². The number of nitrogens with zero attached hydrogens (tertiary/aromatic N) is 2. The van der Waals surface area contributed by atoms with Crippen LogP contribution in [0.1, 0.15) is 11.3 Å². The minimum atomic E-state index is -0.977. The monoisotopic (exact) mass is 340 g/mol. The molecule has 0 amide bonds. The summed E-state index contributed by atoms with van der Waals surface area (Å²) in [6.45, 7) is 1.83. The number of carboxylic acids is 1. The van der Waals surface area contributed by atoms with Crippen molar-refractivity contribution in [2.75, 3.05) is 0 Å². The molecule has 0 aliphatic rings. The zero-order chi connectivity index (χ0) is 14.0. The van der Waals surface area contributed by atoms with E-state index in [4.69, 9.17) is 16.7 Å². The van der Waals surface area contributed by atoms with Crippen LogP contribution in [-0.4, -0.2) is 20.9 Å². The van der Waals surface area contributed by atoms with E-state index in [9.17, 15) is 4.79 Å². The van der Waals surface area contributed by atoms with Crippen LogP contribution in [0.3, 0.4) is 0 Å². The van der Waals surface area contributed by atoms with E-state index in [2.05, 4.69) is 21.0 Å². The summed E-state index contributed by atoms with van der Waals surface area (Å²) in [4.78, 5) is 10.5. The Morgan fingerprint density at radius 1 is 1.53 bits per heavy atom. The van der Waals surface area contributed by atoms with E-state index >= 15 is 0 Å². The summed E-state index contributed by atoms with van der Waals surface area (Å²) in [7, 11) is 0. The number of carboxylic acid groups (broad SMARTS) is 1. The SMILES string of the molecule is Cc1nn(-c2ccc(/C=C/C(=O)O)cc2Br)cc1Cl. The Morgan fingerprint density at radius 2 is 2.26 bits per heavy atom. The van der Waals surface area contributed by atoms with Gasteiger partial charge in [0.25, 0.3) is 0 Å². The average molecular weight is 342 g/mol. The van der Waals surface area contributed by atoms with Crippen LogP contribution >= 0.6 is 27.5 Å². The van der Waals surface area contributed by atoms with E-state index < -0.39 is 5.97 Å². The van der Waals surface area contributed by atoms with E-state index in [0.717, 1.165) is 27.5 Å². The first-order valence-electron chi connectivity index (χ1n) is 5.40. The van der Waals surface area contributed by atoms with Crippen molar-refractivity contribution in [3.05, 3.63) is 51.2 Å². The van der Waals surface area contributed by atoms with Crippen molar-refractivity contribution in [3.63, 3.8) is 0 Å². The Balaban J connectivity index is 2.36. The Bertz CT molecular complexity index is 645. The van der Waals surface area contributed by atoms with Gasteiger partial charge in [0.05, 0.1) is 16.4 Å². The molecule has 2 aromatic rings. The lowest BCUT2D eigenvalue weighted by Crippen LogP contribution is -1.96. The molecule has 6 heteroatoms. The van der Waals surface area contributed by atoms with Crippen LogP contribution in [0.5, 0.6) is 0 Å².